The highest BCUT2D eigenvalue weighted by Gasteiger charge is 2.06. The third-order valence-electron chi connectivity index (χ3n) is 3.37. The molecule has 2 aromatic rings. The number of hydrogen-bond acceptors (Lipinski definition) is 4. The Morgan fingerprint density at radius 1 is 1.17 bits per heavy atom. The number of rotatable bonds is 5. The van der Waals surface area contributed by atoms with Crippen LogP contribution in [0.5, 0.6) is 5.75 Å². The molecule has 2 N–H and O–H groups in total. The predicted molar refractivity (Wildman–Crippen MR) is 88.7 cm³/mol. The van der Waals surface area contributed by atoms with E-state index < -0.39 is 5.97 Å². The van der Waals surface area contributed by atoms with E-state index in [0.29, 0.717) is 5.56 Å². The molecule has 5 heteroatoms. The lowest BCUT2D eigenvalue weighted by molar-refractivity contribution is -0.118. The van der Waals surface area contributed by atoms with Gasteiger partial charge in [0.2, 0.25) is 0 Å². The van der Waals surface area contributed by atoms with Crippen LogP contribution in [0, 0.1) is 11.8 Å². The van der Waals surface area contributed by atoms with Crippen LogP contribution in [0.1, 0.15) is 34.0 Å². The summed E-state index contributed by atoms with van der Waals surface area (Å²) in [5, 5.41) is 18.5. The number of ether oxygens (including phenoxy) is 2. The maximum atomic E-state index is 10.8. The van der Waals surface area contributed by atoms with E-state index in [1.807, 2.05) is 0 Å². The summed E-state index contributed by atoms with van der Waals surface area (Å²) in [6.45, 7) is 2.03. The zero-order chi connectivity index (χ0) is 17.5. The van der Waals surface area contributed by atoms with Crippen LogP contribution in [0.4, 0.5) is 0 Å². The quantitative estimate of drug-likeness (QED) is 0.652. The number of phenols is 1. The van der Waals surface area contributed by atoms with E-state index in [1.165, 1.54) is 12.1 Å². The van der Waals surface area contributed by atoms with Gasteiger partial charge in [0.15, 0.2) is 6.29 Å². The number of aromatic hydroxyl groups is 1. The Hall–Kier alpha value is -2.81. The first kappa shape index (κ1) is 17.5. The minimum Gasteiger partial charge on any atom is -0.508 e. The molecule has 0 bridgehead atoms. The molecule has 0 aliphatic carbocycles. The molecule has 0 spiro atoms. The minimum atomic E-state index is -0.972. The third kappa shape index (κ3) is 4.85. The van der Waals surface area contributed by atoms with E-state index in [1.54, 1.807) is 44.4 Å². The molecule has 0 amide bonds. The zero-order valence-electron chi connectivity index (χ0n) is 13.4. The average Bonchev–Trinajstić information content (AvgIpc) is 2.59. The molecule has 5 nitrogen and oxygen atoms in total. The van der Waals surface area contributed by atoms with Gasteiger partial charge in [0.05, 0.1) is 12.2 Å². The molecule has 0 radical (unpaired) electrons. The molecule has 0 aromatic heterocycles. The van der Waals surface area contributed by atoms with Gasteiger partial charge >= 0.3 is 5.97 Å². The second-order valence-electron chi connectivity index (χ2n) is 5.09. The maximum absolute atomic E-state index is 10.8. The van der Waals surface area contributed by atoms with Crippen LogP contribution in [0.25, 0.3) is 0 Å². The topological polar surface area (TPSA) is 76.0 Å². The molecular formula is C19H18O5. The number of hydrogen-bond donors (Lipinski definition) is 2. The standard InChI is InChI=1S/C19H18O5/c1-13(23-2)24-12-17-11-18(20)10-9-15(17)6-3-14-4-7-16(8-5-14)19(21)22/h4-5,7-11,13,20H,12H2,1-2H3,(H,21,22). The normalized spacial score (nSPS) is 11.4. The Balaban J connectivity index is 2.21. The van der Waals surface area contributed by atoms with E-state index >= 15 is 0 Å². The van der Waals surface area contributed by atoms with Crippen molar-refractivity contribution < 1.29 is 24.5 Å². The molecular weight excluding hydrogens is 308 g/mol. The van der Waals surface area contributed by atoms with E-state index in [0.717, 1.165) is 11.1 Å². The first-order valence-electron chi connectivity index (χ1n) is 7.31. The number of phenolic OH excluding ortho intramolecular Hbond substituents is 1. The second kappa shape index (κ2) is 8.16. The number of methoxy groups -OCH3 is 1. The lowest BCUT2D eigenvalue weighted by Crippen LogP contribution is -2.10. The molecule has 0 aliphatic heterocycles. The Morgan fingerprint density at radius 3 is 2.50 bits per heavy atom. The van der Waals surface area contributed by atoms with Crippen molar-refractivity contribution in [3.63, 3.8) is 0 Å². The van der Waals surface area contributed by atoms with Crippen molar-refractivity contribution >= 4 is 5.97 Å². The fourth-order valence-corrected chi connectivity index (χ4v) is 1.93. The van der Waals surface area contributed by atoms with Crippen LogP contribution in [0.3, 0.4) is 0 Å². The fraction of sp³-hybridized carbons (Fsp3) is 0.211. The second-order valence-corrected chi connectivity index (χ2v) is 5.09. The SMILES string of the molecule is COC(C)OCc1cc(O)ccc1C#Cc1ccc(C(=O)O)cc1. The van der Waals surface area contributed by atoms with Crippen molar-refractivity contribution in [2.75, 3.05) is 7.11 Å². The summed E-state index contributed by atoms with van der Waals surface area (Å²) in [5.41, 5.74) is 2.38. The molecule has 0 saturated heterocycles. The molecule has 2 rings (SSSR count). The first-order valence-corrected chi connectivity index (χ1v) is 7.31. The van der Waals surface area contributed by atoms with Gasteiger partial charge in [-0.3, -0.25) is 0 Å². The summed E-state index contributed by atoms with van der Waals surface area (Å²) in [6, 6.07) is 11.2. The molecule has 2 aromatic carbocycles. The molecule has 0 heterocycles. The number of benzene rings is 2. The van der Waals surface area contributed by atoms with Crippen molar-refractivity contribution in [2.24, 2.45) is 0 Å². The molecule has 0 aliphatic rings. The van der Waals surface area contributed by atoms with Gasteiger partial charge in [-0.15, -0.1) is 0 Å². The largest absolute Gasteiger partial charge is 0.508 e. The molecule has 0 saturated carbocycles. The van der Waals surface area contributed by atoms with Gasteiger partial charge in [-0.05, 0) is 55.0 Å². The van der Waals surface area contributed by atoms with Crippen LogP contribution in [0.2, 0.25) is 0 Å². The Labute approximate surface area is 140 Å². The van der Waals surface area contributed by atoms with Gasteiger partial charge in [0, 0.05) is 18.2 Å². The van der Waals surface area contributed by atoms with E-state index in [2.05, 4.69) is 11.8 Å². The highest BCUT2D eigenvalue weighted by Crippen LogP contribution is 2.18. The summed E-state index contributed by atoms with van der Waals surface area (Å²) >= 11 is 0. The number of aromatic carboxylic acids is 1. The van der Waals surface area contributed by atoms with Gasteiger partial charge in [-0.2, -0.15) is 0 Å². The summed E-state index contributed by atoms with van der Waals surface area (Å²) in [4.78, 5) is 10.8. The number of carboxylic acids is 1. The monoisotopic (exact) mass is 326 g/mol. The average molecular weight is 326 g/mol. The molecule has 1 atom stereocenters. The van der Waals surface area contributed by atoms with Gasteiger partial charge in [0.25, 0.3) is 0 Å². The molecule has 0 fully saturated rings. The lowest BCUT2D eigenvalue weighted by Gasteiger charge is -2.12. The smallest absolute Gasteiger partial charge is 0.335 e. The zero-order valence-corrected chi connectivity index (χ0v) is 13.4. The first-order chi connectivity index (χ1) is 11.5. The van der Waals surface area contributed by atoms with Crippen molar-refractivity contribution in [1.82, 2.24) is 0 Å². The van der Waals surface area contributed by atoms with Crippen LogP contribution in [-0.4, -0.2) is 29.6 Å². The van der Waals surface area contributed by atoms with Crippen molar-refractivity contribution in [1.29, 1.82) is 0 Å². The highest BCUT2D eigenvalue weighted by molar-refractivity contribution is 5.87. The number of carbonyl (C=O) groups is 1. The van der Waals surface area contributed by atoms with Crippen molar-refractivity contribution in [2.45, 2.75) is 19.8 Å². The molecule has 1 unspecified atom stereocenters. The fourth-order valence-electron chi connectivity index (χ4n) is 1.93. The summed E-state index contributed by atoms with van der Waals surface area (Å²) in [5.74, 6) is 5.16. The maximum Gasteiger partial charge on any atom is 0.335 e. The highest BCUT2D eigenvalue weighted by atomic mass is 16.7. The van der Waals surface area contributed by atoms with Crippen molar-refractivity contribution in [3.8, 4) is 17.6 Å². The molecule has 24 heavy (non-hydrogen) atoms. The van der Waals surface area contributed by atoms with Crippen LogP contribution in [-0.2, 0) is 16.1 Å². The van der Waals surface area contributed by atoms with E-state index in [4.69, 9.17) is 14.6 Å². The third-order valence-corrected chi connectivity index (χ3v) is 3.37. The van der Waals surface area contributed by atoms with Crippen LogP contribution < -0.4 is 0 Å². The molecule has 124 valence electrons. The minimum absolute atomic E-state index is 0.134. The van der Waals surface area contributed by atoms with E-state index in [-0.39, 0.29) is 24.2 Å². The lowest BCUT2D eigenvalue weighted by atomic mass is 10.1. The number of carboxylic acid groups (broad SMARTS) is 1. The van der Waals surface area contributed by atoms with Crippen LogP contribution in [0.15, 0.2) is 42.5 Å². The summed E-state index contributed by atoms with van der Waals surface area (Å²) in [7, 11) is 1.55. The predicted octanol–water partition coefficient (Wildman–Crippen LogP) is 3.00. The summed E-state index contributed by atoms with van der Waals surface area (Å²) < 4.78 is 10.5. The summed E-state index contributed by atoms with van der Waals surface area (Å²) in [6.07, 6.45) is -0.364. The van der Waals surface area contributed by atoms with Gasteiger partial charge in [-0.1, -0.05) is 11.8 Å². The Morgan fingerprint density at radius 2 is 1.88 bits per heavy atom. The van der Waals surface area contributed by atoms with Crippen molar-refractivity contribution in [3.05, 3.63) is 64.7 Å². The van der Waals surface area contributed by atoms with Gasteiger partial charge in [0.1, 0.15) is 5.75 Å². The van der Waals surface area contributed by atoms with Gasteiger partial charge < -0.3 is 19.7 Å². The Bertz CT molecular complexity index is 769. The van der Waals surface area contributed by atoms with Crippen LogP contribution >= 0.6 is 0 Å². The van der Waals surface area contributed by atoms with Gasteiger partial charge in [-0.25, -0.2) is 4.79 Å². The Kier molecular flexibility index (Phi) is 5.96. The van der Waals surface area contributed by atoms with E-state index in [9.17, 15) is 9.90 Å².